The third-order valence-corrected chi connectivity index (χ3v) is 8.64. The fraction of sp³-hybridized carbons (Fsp3) is 0.742. The quantitative estimate of drug-likeness (QED) is 0.236. The van der Waals surface area contributed by atoms with Crippen LogP contribution < -0.4 is 5.32 Å². The molecule has 236 valence electrons. The van der Waals surface area contributed by atoms with E-state index in [0.29, 0.717) is 39.3 Å². The Morgan fingerprint density at radius 3 is 2.60 bits per heavy atom. The molecule has 9 atom stereocenters. The smallest absolute Gasteiger partial charge is 0.410 e. The van der Waals surface area contributed by atoms with Crippen LogP contribution in [0.1, 0.15) is 53.9 Å². The number of carbonyl (C=O) groups is 2. The molecule has 4 aliphatic heterocycles. The first-order chi connectivity index (χ1) is 19.9. The number of carbonyl (C=O) groups excluding carboxylic acids is 2. The lowest BCUT2D eigenvalue weighted by atomic mass is 9.87. The van der Waals surface area contributed by atoms with Gasteiger partial charge in [0, 0.05) is 32.7 Å². The van der Waals surface area contributed by atoms with Crippen molar-refractivity contribution in [3.05, 3.63) is 36.0 Å². The van der Waals surface area contributed by atoms with E-state index in [1.807, 2.05) is 32.9 Å². The van der Waals surface area contributed by atoms with Gasteiger partial charge in [-0.3, -0.25) is 4.79 Å². The Hall–Kier alpha value is -2.28. The average molecular weight is 593 g/mol. The van der Waals surface area contributed by atoms with Crippen molar-refractivity contribution >= 4 is 12.0 Å². The zero-order valence-corrected chi connectivity index (χ0v) is 25.7. The van der Waals surface area contributed by atoms with Crippen LogP contribution in [-0.2, 0) is 33.2 Å². The topological polar surface area (TPSA) is 128 Å². The molecule has 0 aromatic carbocycles. The monoisotopic (exact) mass is 592 g/mol. The molecular formula is C31H48N2O9. The Morgan fingerprint density at radius 2 is 1.93 bits per heavy atom. The van der Waals surface area contributed by atoms with Gasteiger partial charge in [-0.2, -0.15) is 0 Å². The molecule has 42 heavy (non-hydrogen) atoms. The second-order valence-corrected chi connectivity index (χ2v) is 12.2. The number of hydrogen-bond donors (Lipinski definition) is 2. The van der Waals surface area contributed by atoms with Gasteiger partial charge in [0.25, 0.3) is 0 Å². The summed E-state index contributed by atoms with van der Waals surface area (Å²) in [4.78, 5) is 26.4. The van der Waals surface area contributed by atoms with Gasteiger partial charge in [0.2, 0.25) is 5.91 Å². The summed E-state index contributed by atoms with van der Waals surface area (Å²) >= 11 is 0. The van der Waals surface area contributed by atoms with E-state index in [9.17, 15) is 14.7 Å². The Morgan fingerprint density at radius 1 is 1.21 bits per heavy atom. The minimum Gasteiger partial charge on any atom is -0.442 e. The van der Waals surface area contributed by atoms with Gasteiger partial charge in [0.1, 0.15) is 23.9 Å². The highest BCUT2D eigenvalue weighted by Gasteiger charge is 2.61. The van der Waals surface area contributed by atoms with Gasteiger partial charge in [-0.05, 0) is 52.5 Å². The molecule has 2 N–H and O–H groups in total. The molecule has 0 aliphatic carbocycles. The predicted molar refractivity (Wildman–Crippen MR) is 155 cm³/mol. The molecule has 1 spiro atoms. The fourth-order valence-electron chi connectivity index (χ4n) is 5.77. The van der Waals surface area contributed by atoms with Crippen molar-refractivity contribution in [1.29, 1.82) is 0 Å². The third-order valence-electron chi connectivity index (χ3n) is 8.64. The van der Waals surface area contributed by atoms with Crippen molar-refractivity contribution in [2.24, 2.45) is 5.92 Å². The number of epoxide rings is 1. The van der Waals surface area contributed by atoms with Crippen molar-refractivity contribution in [3.63, 3.8) is 0 Å². The minimum absolute atomic E-state index is 0.0168. The summed E-state index contributed by atoms with van der Waals surface area (Å²) in [7, 11) is 1.60. The lowest BCUT2D eigenvalue weighted by Crippen LogP contribution is -2.55. The molecule has 0 radical (unpaired) electrons. The Bertz CT molecular complexity index is 1040. The summed E-state index contributed by atoms with van der Waals surface area (Å²) in [6.07, 6.45) is 8.61. The lowest BCUT2D eigenvalue weighted by Gasteiger charge is -2.42. The first-order valence-corrected chi connectivity index (χ1v) is 15.0. The third kappa shape index (κ3) is 8.42. The van der Waals surface area contributed by atoms with Crippen molar-refractivity contribution in [2.45, 2.75) is 102 Å². The van der Waals surface area contributed by atoms with Gasteiger partial charge < -0.3 is 43.7 Å². The van der Waals surface area contributed by atoms with E-state index < -0.39 is 35.8 Å². The van der Waals surface area contributed by atoms with Crippen LogP contribution in [0.3, 0.4) is 0 Å². The van der Waals surface area contributed by atoms with Crippen molar-refractivity contribution in [2.75, 3.05) is 40.0 Å². The molecule has 0 aromatic heterocycles. The molecule has 4 rings (SSSR count). The van der Waals surface area contributed by atoms with E-state index in [1.165, 1.54) is 6.08 Å². The summed E-state index contributed by atoms with van der Waals surface area (Å²) in [5, 5.41) is 13.8. The summed E-state index contributed by atoms with van der Waals surface area (Å²) in [6, 6.07) is -0.124. The highest BCUT2D eigenvalue weighted by molar-refractivity contribution is 5.87. The number of hydrogen-bond acceptors (Lipinski definition) is 9. The zero-order valence-electron chi connectivity index (χ0n) is 25.7. The van der Waals surface area contributed by atoms with E-state index in [2.05, 4.69) is 18.3 Å². The van der Waals surface area contributed by atoms with Crippen LogP contribution in [0.4, 0.5) is 4.79 Å². The zero-order chi connectivity index (χ0) is 30.5. The molecule has 4 aliphatic rings. The highest BCUT2D eigenvalue weighted by Crippen LogP contribution is 2.46. The molecule has 2 amide bonds. The van der Waals surface area contributed by atoms with E-state index >= 15 is 0 Å². The minimum atomic E-state index is -0.806. The van der Waals surface area contributed by atoms with Crippen LogP contribution in [0.5, 0.6) is 0 Å². The first-order valence-electron chi connectivity index (χ1n) is 15.0. The Balaban J connectivity index is 1.22. The number of nitrogens with zero attached hydrogens (tertiary/aromatic N) is 1. The number of amides is 2. The molecule has 0 saturated carbocycles. The average Bonchev–Trinajstić information content (AvgIpc) is 3.74. The maximum atomic E-state index is 12.6. The van der Waals surface area contributed by atoms with Crippen LogP contribution in [0.15, 0.2) is 36.0 Å². The number of aliphatic hydroxyl groups excluding tert-OH is 1. The lowest BCUT2D eigenvalue weighted by molar-refractivity contribution is -0.284. The first kappa shape index (κ1) is 32.6. The van der Waals surface area contributed by atoms with Crippen LogP contribution in [0.25, 0.3) is 0 Å². The summed E-state index contributed by atoms with van der Waals surface area (Å²) < 4.78 is 34.2. The second-order valence-electron chi connectivity index (χ2n) is 12.2. The van der Waals surface area contributed by atoms with Gasteiger partial charge in [0.05, 0.1) is 38.1 Å². The number of methoxy groups -OCH3 is 1. The maximum Gasteiger partial charge on any atom is 0.410 e. The van der Waals surface area contributed by atoms with Crippen LogP contribution >= 0.6 is 0 Å². The number of rotatable bonds is 9. The SMILES string of the molecule is CO[C@]1(C)C[C@@]2(CO2)[C@H](O)[C@@H](/C=C/C(C)=C/C[C@@H]2O[C@H](C)[C@H](NC(=O)/C=C\[C@H](C)OC(=O)N3CCOCC3)C[C@@H]2C)O1. The molecule has 4 heterocycles. The number of allylic oxidation sites excluding steroid dienone is 2. The largest absolute Gasteiger partial charge is 0.442 e. The number of ether oxygens (including phenoxy) is 6. The van der Waals surface area contributed by atoms with Crippen LogP contribution in [0, 0.1) is 5.92 Å². The molecule has 11 heteroatoms. The molecule has 4 fully saturated rings. The number of aliphatic hydroxyl groups is 1. The Labute approximate surface area is 249 Å². The standard InChI is InChI=1S/C31H48N2O9/c1-20(8-11-26-28(35)31(19-39-31)18-30(5,37-6)42-26)7-10-25-21(2)17-24(23(4)41-25)32-27(34)12-9-22(3)40-29(36)33-13-15-38-16-14-33/h7-9,11-12,21-26,28,35H,10,13-19H2,1-6H3,(H,32,34)/b11-8+,12-9-,20-7+/t21-,22-,23+,24+,25-,26+,28+,30-,31+/m0/s1. The fourth-order valence-corrected chi connectivity index (χ4v) is 5.77. The van der Waals surface area contributed by atoms with Crippen molar-refractivity contribution in [3.8, 4) is 0 Å². The summed E-state index contributed by atoms with van der Waals surface area (Å²) in [6.45, 7) is 12.2. The van der Waals surface area contributed by atoms with Gasteiger partial charge in [0.15, 0.2) is 5.79 Å². The second kappa shape index (κ2) is 14.0. The van der Waals surface area contributed by atoms with Crippen LogP contribution in [0.2, 0.25) is 0 Å². The molecule has 4 saturated heterocycles. The highest BCUT2D eigenvalue weighted by atomic mass is 16.7. The number of nitrogens with one attached hydrogen (secondary N) is 1. The maximum absolute atomic E-state index is 12.6. The van der Waals surface area contributed by atoms with Gasteiger partial charge in [-0.1, -0.05) is 30.7 Å². The van der Waals surface area contributed by atoms with Gasteiger partial charge >= 0.3 is 6.09 Å². The van der Waals surface area contributed by atoms with Crippen LogP contribution in [-0.4, -0.2) is 110 Å². The normalized spacial score (nSPS) is 38.2. The molecule has 0 aromatic rings. The predicted octanol–water partition coefficient (Wildman–Crippen LogP) is 2.87. The molecule has 0 bridgehead atoms. The summed E-state index contributed by atoms with van der Waals surface area (Å²) in [5.41, 5.74) is 0.446. The summed E-state index contributed by atoms with van der Waals surface area (Å²) in [5.74, 6) is -0.819. The number of morpholine rings is 1. The van der Waals surface area contributed by atoms with E-state index in [0.717, 1.165) is 18.4 Å². The molecule has 0 unspecified atom stereocenters. The van der Waals surface area contributed by atoms with Crippen molar-refractivity contribution < 1.29 is 43.1 Å². The van der Waals surface area contributed by atoms with Gasteiger partial charge in [-0.15, -0.1) is 0 Å². The molecular weight excluding hydrogens is 544 g/mol. The van der Waals surface area contributed by atoms with Gasteiger partial charge in [-0.25, -0.2) is 4.79 Å². The van der Waals surface area contributed by atoms with E-state index in [1.54, 1.807) is 25.0 Å². The van der Waals surface area contributed by atoms with Crippen molar-refractivity contribution in [1.82, 2.24) is 10.2 Å². The molecule has 11 nitrogen and oxygen atoms in total. The van der Waals surface area contributed by atoms with E-state index in [4.69, 9.17) is 28.4 Å². The Kier molecular flexibility index (Phi) is 10.9. The van der Waals surface area contributed by atoms with E-state index in [-0.39, 0.29) is 30.1 Å².